The van der Waals surface area contributed by atoms with Crippen molar-refractivity contribution in [2.45, 2.75) is 38.7 Å². The summed E-state index contributed by atoms with van der Waals surface area (Å²) in [5.41, 5.74) is 1.74. The summed E-state index contributed by atoms with van der Waals surface area (Å²) in [5.74, 6) is 0.134. The number of carbonyl (C=O) groups is 1. The first-order valence-electron chi connectivity index (χ1n) is 10.1. The molecule has 2 fully saturated rings. The monoisotopic (exact) mass is 491 g/mol. The van der Waals surface area contributed by atoms with Gasteiger partial charge in [0.25, 0.3) is 16.6 Å². The van der Waals surface area contributed by atoms with E-state index in [9.17, 15) is 22.0 Å². The van der Waals surface area contributed by atoms with E-state index in [1.54, 1.807) is 4.52 Å². The van der Waals surface area contributed by atoms with Gasteiger partial charge in [-0.1, -0.05) is 11.6 Å². The number of halogens is 3. The maximum Gasteiger partial charge on any atom is 0.277 e. The third-order valence-corrected chi connectivity index (χ3v) is 7.52. The standard InChI is InChI=1S/C18H24ClF2N7O3S/c1-11-4-13(19)28-16(11)17(24-10-25-28)26-8-18(9-26)5-12(6-18)27(32(22,30)31)3-2-15(29)23-7-14(20)21/h4,10,12,14H,2-3,5-9H2,1H3,(H,23,29)(H2,22,30,31). The summed E-state index contributed by atoms with van der Waals surface area (Å²) in [7, 11) is -4.03. The molecule has 0 bridgehead atoms. The molecule has 14 heteroatoms. The van der Waals surface area contributed by atoms with Crippen LogP contribution in [0.1, 0.15) is 24.8 Å². The van der Waals surface area contributed by atoms with Gasteiger partial charge in [0.1, 0.15) is 17.0 Å². The van der Waals surface area contributed by atoms with Crippen LogP contribution >= 0.6 is 11.6 Å². The van der Waals surface area contributed by atoms with E-state index in [4.69, 9.17) is 16.7 Å². The number of anilines is 1. The molecule has 176 valence electrons. The number of fused-ring (bicyclic) bond motifs is 1. The Morgan fingerprint density at radius 2 is 2.12 bits per heavy atom. The summed E-state index contributed by atoms with van der Waals surface area (Å²) in [6.45, 7) is 2.42. The van der Waals surface area contributed by atoms with Gasteiger partial charge >= 0.3 is 0 Å². The van der Waals surface area contributed by atoms with Gasteiger partial charge in [0.2, 0.25) is 5.91 Å². The molecule has 1 aliphatic carbocycles. The van der Waals surface area contributed by atoms with E-state index in [0.29, 0.717) is 31.1 Å². The van der Waals surface area contributed by atoms with Crippen LogP contribution in [0.15, 0.2) is 12.4 Å². The smallest absolute Gasteiger partial charge is 0.277 e. The van der Waals surface area contributed by atoms with Gasteiger partial charge in [-0.2, -0.15) is 17.8 Å². The number of aromatic nitrogens is 3. The predicted octanol–water partition coefficient (Wildman–Crippen LogP) is 0.937. The normalized spacial score (nSPS) is 18.4. The topological polar surface area (TPSA) is 126 Å². The molecule has 1 amide bonds. The highest BCUT2D eigenvalue weighted by Crippen LogP contribution is 2.52. The number of aryl methyl sites for hydroxylation is 1. The molecule has 3 heterocycles. The van der Waals surface area contributed by atoms with Crippen molar-refractivity contribution in [3.63, 3.8) is 0 Å². The van der Waals surface area contributed by atoms with Crippen molar-refractivity contribution < 1.29 is 22.0 Å². The molecule has 1 spiro atoms. The molecule has 3 N–H and O–H groups in total. The molecule has 2 aliphatic rings. The maximum absolute atomic E-state index is 12.2. The lowest BCUT2D eigenvalue weighted by atomic mass is 9.60. The minimum absolute atomic E-state index is 0.0578. The van der Waals surface area contributed by atoms with Crippen LogP contribution in [0.5, 0.6) is 0 Å². The van der Waals surface area contributed by atoms with E-state index in [1.165, 1.54) is 6.33 Å². The van der Waals surface area contributed by atoms with Crippen molar-refractivity contribution in [3.05, 3.63) is 23.1 Å². The Balaban J connectivity index is 1.36. The van der Waals surface area contributed by atoms with Crippen molar-refractivity contribution in [1.29, 1.82) is 0 Å². The van der Waals surface area contributed by atoms with Crippen LogP contribution in [0.3, 0.4) is 0 Å². The lowest BCUT2D eigenvalue weighted by molar-refractivity contribution is -0.122. The number of hydrogen-bond acceptors (Lipinski definition) is 6. The Kier molecular flexibility index (Phi) is 6.03. The summed E-state index contributed by atoms with van der Waals surface area (Å²) in [6.07, 6.45) is -0.249. The minimum atomic E-state index is -4.03. The van der Waals surface area contributed by atoms with Crippen molar-refractivity contribution in [2.75, 3.05) is 31.1 Å². The average molecular weight is 492 g/mol. The van der Waals surface area contributed by atoms with Crippen LogP contribution in [-0.4, -0.2) is 71.9 Å². The largest absolute Gasteiger partial charge is 0.354 e. The number of nitrogens with one attached hydrogen (secondary N) is 1. The summed E-state index contributed by atoms with van der Waals surface area (Å²) >= 11 is 6.21. The van der Waals surface area contributed by atoms with E-state index in [0.717, 1.165) is 21.2 Å². The maximum atomic E-state index is 12.2. The van der Waals surface area contributed by atoms with Crippen LogP contribution in [0, 0.1) is 12.3 Å². The third kappa shape index (κ3) is 4.38. The van der Waals surface area contributed by atoms with Crippen molar-refractivity contribution in [1.82, 2.24) is 24.2 Å². The van der Waals surface area contributed by atoms with Crippen LogP contribution < -0.4 is 15.4 Å². The number of carbonyl (C=O) groups excluding carboxylic acids is 1. The fourth-order valence-corrected chi connectivity index (χ4v) is 5.92. The van der Waals surface area contributed by atoms with E-state index in [2.05, 4.69) is 20.3 Å². The summed E-state index contributed by atoms with van der Waals surface area (Å²) in [4.78, 5) is 18.2. The first kappa shape index (κ1) is 23.1. The third-order valence-electron chi connectivity index (χ3n) is 6.12. The molecule has 0 atom stereocenters. The van der Waals surface area contributed by atoms with Crippen LogP contribution in [-0.2, 0) is 15.0 Å². The van der Waals surface area contributed by atoms with Gasteiger partial charge in [0.05, 0.1) is 6.54 Å². The van der Waals surface area contributed by atoms with Crippen LogP contribution in [0.2, 0.25) is 5.15 Å². The highest BCUT2D eigenvalue weighted by molar-refractivity contribution is 7.86. The highest BCUT2D eigenvalue weighted by Gasteiger charge is 2.55. The van der Waals surface area contributed by atoms with Gasteiger partial charge in [0, 0.05) is 37.5 Å². The first-order valence-corrected chi connectivity index (χ1v) is 12.0. The van der Waals surface area contributed by atoms with E-state index < -0.39 is 29.1 Å². The molecular formula is C18H24ClF2N7O3S. The van der Waals surface area contributed by atoms with Gasteiger partial charge in [-0.15, -0.1) is 0 Å². The number of amides is 1. The molecule has 10 nitrogen and oxygen atoms in total. The van der Waals surface area contributed by atoms with Crippen LogP contribution in [0.25, 0.3) is 5.52 Å². The second kappa shape index (κ2) is 8.36. The summed E-state index contributed by atoms with van der Waals surface area (Å²) in [5, 5.41) is 12.1. The molecule has 1 saturated heterocycles. The molecule has 4 rings (SSSR count). The molecule has 0 radical (unpaired) electrons. The summed E-state index contributed by atoms with van der Waals surface area (Å²) < 4.78 is 51.2. The van der Waals surface area contributed by atoms with Gasteiger partial charge in [-0.25, -0.2) is 23.4 Å². The number of hydrogen-bond donors (Lipinski definition) is 2. The Morgan fingerprint density at radius 1 is 1.44 bits per heavy atom. The minimum Gasteiger partial charge on any atom is -0.354 e. The number of nitrogens with two attached hydrogens (primary N) is 1. The lowest BCUT2D eigenvalue weighted by Crippen LogP contribution is -2.68. The van der Waals surface area contributed by atoms with Crippen LogP contribution in [0.4, 0.5) is 14.6 Å². The van der Waals surface area contributed by atoms with Gasteiger partial charge in [-0.05, 0) is 31.4 Å². The molecule has 2 aromatic rings. The number of nitrogens with zero attached hydrogens (tertiary/aromatic N) is 5. The van der Waals surface area contributed by atoms with E-state index in [-0.39, 0.29) is 24.4 Å². The highest BCUT2D eigenvalue weighted by atomic mass is 35.5. The summed E-state index contributed by atoms with van der Waals surface area (Å²) in [6, 6.07) is 1.50. The lowest BCUT2D eigenvalue weighted by Gasteiger charge is -2.60. The molecule has 0 aromatic carbocycles. The zero-order valence-corrected chi connectivity index (χ0v) is 18.9. The Bertz CT molecular complexity index is 1130. The molecule has 2 aromatic heterocycles. The molecule has 0 unspecified atom stereocenters. The molecule has 1 saturated carbocycles. The quantitative estimate of drug-likeness (QED) is 0.566. The van der Waals surface area contributed by atoms with E-state index >= 15 is 0 Å². The second-order valence-electron chi connectivity index (χ2n) is 8.51. The second-order valence-corrected chi connectivity index (χ2v) is 10.4. The zero-order valence-electron chi connectivity index (χ0n) is 17.3. The fourth-order valence-electron chi connectivity index (χ4n) is 4.71. The fraction of sp³-hybridized carbons (Fsp3) is 0.611. The average Bonchev–Trinajstić information content (AvgIpc) is 2.93. The predicted molar refractivity (Wildman–Crippen MR) is 114 cm³/mol. The van der Waals surface area contributed by atoms with Crippen molar-refractivity contribution >= 4 is 39.1 Å². The van der Waals surface area contributed by atoms with Crippen molar-refractivity contribution in [3.8, 4) is 0 Å². The zero-order chi connectivity index (χ0) is 23.3. The van der Waals surface area contributed by atoms with Crippen molar-refractivity contribution in [2.24, 2.45) is 10.6 Å². The van der Waals surface area contributed by atoms with E-state index in [1.807, 2.05) is 13.0 Å². The van der Waals surface area contributed by atoms with Gasteiger partial charge in [-0.3, -0.25) is 4.79 Å². The molecule has 32 heavy (non-hydrogen) atoms. The molecule has 1 aliphatic heterocycles. The van der Waals surface area contributed by atoms with Gasteiger partial charge < -0.3 is 10.2 Å². The Hall–Kier alpha value is -2.09. The number of rotatable bonds is 8. The first-order chi connectivity index (χ1) is 15.0. The molecular weight excluding hydrogens is 468 g/mol. The SMILES string of the molecule is Cc1cc(Cl)n2ncnc(N3CC4(CC(N(CCC(=O)NCC(F)F)S(N)(=O)=O)C4)C3)c12. The number of alkyl halides is 2. The van der Waals surface area contributed by atoms with Gasteiger partial charge in [0.15, 0.2) is 5.82 Å². The Morgan fingerprint density at radius 3 is 2.75 bits per heavy atom. The Labute approximate surface area is 188 Å².